The van der Waals surface area contributed by atoms with Crippen LogP contribution >= 0.6 is 0 Å². The number of imide groups is 2. The molecule has 452 valence electrons. The maximum atomic E-state index is 13.6. The van der Waals surface area contributed by atoms with Crippen molar-refractivity contribution in [3.05, 3.63) is 58.4 Å². The van der Waals surface area contributed by atoms with Gasteiger partial charge in [-0.1, -0.05) is 57.0 Å². The van der Waals surface area contributed by atoms with E-state index in [-0.39, 0.29) is 64.7 Å². The van der Waals surface area contributed by atoms with Gasteiger partial charge in [0, 0.05) is 50.4 Å². The minimum atomic E-state index is -0.980. The average Bonchev–Trinajstić information content (AvgIpc) is 3.33. The summed E-state index contributed by atoms with van der Waals surface area (Å²) >= 11 is 0. The second kappa shape index (κ2) is 29.7. The minimum absolute atomic E-state index is 0. The predicted molar refractivity (Wildman–Crippen MR) is 312 cm³/mol. The van der Waals surface area contributed by atoms with Crippen molar-refractivity contribution >= 4 is 60.1 Å². The van der Waals surface area contributed by atoms with E-state index >= 15 is 0 Å². The molecule has 82 heavy (non-hydrogen) atoms. The normalized spacial score (nSPS) is 13.8. The Labute approximate surface area is 530 Å². The summed E-state index contributed by atoms with van der Waals surface area (Å²) in [5.74, 6) is 0.158. The number of amides is 6. The Balaban J connectivity index is 0.000000562. The Morgan fingerprint density at radius 3 is 1.23 bits per heavy atom. The molecule has 2 aliphatic rings. The van der Waals surface area contributed by atoms with Gasteiger partial charge in [-0.25, -0.2) is 38.7 Å². The number of anilines is 4. The van der Waals surface area contributed by atoms with Gasteiger partial charge in [0.2, 0.25) is 11.9 Å². The van der Waals surface area contributed by atoms with Crippen molar-refractivity contribution < 1.29 is 110 Å². The minimum Gasteiger partial charge on any atom is -1.00 e. The topological polar surface area (TPSA) is 238 Å². The van der Waals surface area contributed by atoms with Crippen molar-refractivity contribution in [1.29, 1.82) is 0 Å². The van der Waals surface area contributed by atoms with Crippen LogP contribution in [0.5, 0.6) is 0 Å². The third kappa shape index (κ3) is 23.2. The van der Waals surface area contributed by atoms with Crippen molar-refractivity contribution in [3.63, 3.8) is 0 Å². The second-order valence-corrected chi connectivity index (χ2v) is 26.0. The van der Waals surface area contributed by atoms with E-state index in [1.54, 1.807) is 125 Å². The fourth-order valence-corrected chi connectivity index (χ4v) is 7.94. The molecule has 0 unspecified atom stereocenters. The van der Waals surface area contributed by atoms with Gasteiger partial charge in [0.25, 0.3) is 0 Å². The quantitative estimate of drug-likeness (QED) is 0.131. The standard InChI is InChI=1S/C33H49N5O6.C26H43N5O6.K.H/c1-11-12-19-37(28(39)42-31(2,3)4)26-24-18-20-36(21-23-16-14-13-15-17-23)22-25(24)34-27(35-26)38(29(40)43-32(5,6)7)30(41)44-33(8,9)10;1-11-12-15-30(21(32)35-24(2,3)4)19-17-13-14-27-16-18(17)28-20(29-19)31(22(33)36-25(5,6)7)23(34)37-26(8,9)10;;/h13-17H,11-12,18-22H2,1-10H3;27H,11-16H2,1-10H3;;/q;;+1;-1. The SMILES string of the molecule is CCCCN(C(=O)OC(C)(C)C)c1nc(N(C(=O)OC(C)(C)C)C(=O)OC(C)(C)C)nc2c1CCN(Cc1ccccc1)C2.CCCCN(C(=O)OC(C)(C)C)c1nc(N(C(=O)OC(C)(C)C)C(=O)OC(C)(C)C)nc2c1CCNC2.[H-].[K+]. The Kier molecular flexibility index (Phi) is 25.8. The van der Waals surface area contributed by atoms with E-state index in [0.717, 1.165) is 29.5 Å². The summed E-state index contributed by atoms with van der Waals surface area (Å²) in [6.07, 6.45) is -0.866. The van der Waals surface area contributed by atoms with Crippen LogP contribution < -0.4 is 76.3 Å². The van der Waals surface area contributed by atoms with Gasteiger partial charge in [0.15, 0.2) is 0 Å². The van der Waals surface area contributed by atoms with Gasteiger partial charge in [0.05, 0.1) is 11.4 Å². The molecule has 0 saturated heterocycles. The van der Waals surface area contributed by atoms with Crippen LogP contribution in [0.3, 0.4) is 0 Å². The zero-order chi connectivity index (χ0) is 61.1. The molecular weight excluding hydrogens is 1080 g/mol. The summed E-state index contributed by atoms with van der Waals surface area (Å²) in [5.41, 5.74) is -1.21. The molecule has 0 spiro atoms. The van der Waals surface area contributed by atoms with E-state index in [4.69, 9.17) is 38.4 Å². The third-order valence-electron chi connectivity index (χ3n) is 11.2. The Morgan fingerprint density at radius 2 is 0.866 bits per heavy atom. The number of nitrogens with one attached hydrogen (secondary N) is 1. The van der Waals surface area contributed by atoms with Crippen molar-refractivity contribution in [2.75, 3.05) is 45.8 Å². The van der Waals surface area contributed by atoms with Crippen LogP contribution in [-0.4, -0.2) is 121 Å². The zero-order valence-electron chi connectivity index (χ0n) is 54.0. The molecule has 2 aromatic heterocycles. The first-order valence-electron chi connectivity index (χ1n) is 28.1. The van der Waals surface area contributed by atoms with Crippen LogP contribution in [-0.2, 0) is 60.9 Å². The first-order valence-corrected chi connectivity index (χ1v) is 28.1. The first-order chi connectivity index (χ1) is 37.3. The van der Waals surface area contributed by atoms with Gasteiger partial charge >= 0.3 is 87.9 Å². The maximum Gasteiger partial charge on any atom is 1.00 e. The van der Waals surface area contributed by atoms with E-state index in [9.17, 15) is 28.8 Å². The van der Waals surface area contributed by atoms with Crippen LogP contribution in [0, 0.1) is 0 Å². The molecule has 0 fully saturated rings. The predicted octanol–water partition coefficient (Wildman–Crippen LogP) is 9.71. The molecule has 1 aromatic carbocycles. The molecule has 5 rings (SSSR count). The fraction of sp³-hybridized carbons (Fsp3) is 0.661. The maximum absolute atomic E-state index is 13.6. The summed E-state index contributed by atoms with van der Waals surface area (Å²) in [4.78, 5) is 106. The number of carbonyl (C=O) groups excluding carboxylic acids is 6. The van der Waals surface area contributed by atoms with E-state index in [0.29, 0.717) is 104 Å². The summed E-state index contributed by atoms with van der Waals surface area (Å²) in [7, 11) is 0. The van der Waals surface area contributed by atoms with Gasteiger partial charge < -0.3 is 35.2 Å². The number of fused-ring (bicyclic) bond motifs is 2. The van der Waals surface area contributed by atoms with E-state index < -0.39 is 70.2 Å². The van der Waals surface area contributed by atoms with Crippen molar-refractivity contribution in [3.8, 4) is 0 Å². The van der Waals surface area contributed by atoms with Crippen molar-refractivity contribution in [2.45, 2.75) is 230 Å². The van der Waals surface area contributed by atoms with E-state index in [1.165, 1.54) is 9.80 Å². The number of benzene rings is 1. The molecule has 0 radical (unpaired) electrons. The molecule has 4 heterocycles. The van der Waals surface area contributed by atoms with Gasteiger partial charge in [-0.05, 0) is 162 Å². The van der Waals surface area contributed by atoms with Crippen molar-refractivity contribution in [2.24, 2.45) is 0 Å². The van der Waals surface area contributed by atoms with Crippen LogP contribution in [0.15, 0.2) is 30.3 Å². The monoisotopic (exact) mass is 1170 g/mol. The molecule has 6 amide bonds. The number of nitrogens with zero attached hydrogens (tertiary/aromatic N) is 9. The number of carbonyl (C=O) groups is 6. The number of aromatic nitrogens is 4. The molecule has 0 aliphatic carbocycles. The molecule has 3 aromatic rings. The molecule has 23 heteroatoms. The fourth-order valence-electron chi connectivity index (χ4n) is 7.94. The number of hydrogen-bond donors (Lipinski definition) is 1. The smallest absolute Gasteiger partial charge is 1.00 e. The molecular formula is C59H93KN10O12. The Hall–Kier alpha value is -5.04. The van der Waals surface area contributed by atoms with Crippen LogP contribution in [0.1, 0.15) is 194 Å². The van der Waals surface area contributed by atoms with Crippen molar-refractivity contribution in [1.82, 2.24) is 30.2 Å². The summed E-state index contributed by atoms with van der Waals surface area (Å²) in [6, 6.07) is 10.1. The van der Waals surface area contributed by atoms with E-state index in [2.05, 4.69) is 32.3 Å². The van der Waals surface area contributed by atoms with Gasteiger partial charge in [-0.15, -0.1) is 9.80 Å². The van der Waals surface area contributed by atoms with Crippen LogP contribution in [0.4, 0.5) is 52.3 Å². The van der Waals surface area contributed by atoms with Crippen LogP contribution in [0.25, 0.3) is 0 Å². The first kappa shape index (κ1) is 71.2. The van der Waals surface area contributed by atoms with Gasteiger partial charge in [0.1, 0.15) is 45.2 Å². The number of hydrogen-bond acceptors (Lipinski definition) is 18. The Morgan fingerprint density at radius 1 is 0.512 bits per heavy atom. The molecule has 0 bridgehead atoms. The molecule has 22 nitrogen and oxygen atoms in total. The average molecular weight is 1170 g/mol. The summed E-state index contributed by atoms with van der Waals surface area (Å²) in [6.45, 7) is 38.7. The van der Waals surface area contributed by atoms with E-state index in [1.807, 2.05) is 32.0 Å². The third-order valence-corrected chi connectivity index (χ3v) is 11.2. The number of rotatable bonds is 12. The number of unbranched alkanes of at least 4 members (excludes halogenated alkanes) is 2. The Bertz CT molecular complexity index is 2620. The summed E-state index contributed by atoms with van der Waals surface area (Å²) in [5, 5.41) is 3.24. The van der Waals surface area contributed by atoms with Gasteiger partial charge in [-0.3, -0.25) is 14.7 Å². The van der Waals surface area contributed by atoms with Gasteiger partial charge in [-0.2, -0.15) is 9.97 Å². The summed E-state index contributed by atoms with van der Waals surface area (Å²) < 4.78 is 33.7. The molecule has 2 aliphatic heterocycles. The second-order valence-electron chi connectivity index (χ2n) is 26.0. The zero-order valence-corrected chi connectivity index (χ0v) is 56.1. The largest absolute Gasteiger partial charge is 1.00 e. The molecule has 0 atom stereocenters. The van der Waals surface area contributed by atoms with Crippen LogP contribution in [0.2, 0.25) is 0 Å². The molecule has 1 N–H and O–H groups in total. The number of ether oxygens (including phenoxy) is 6. The molecule has 0 saturated carbocycles.